The average molecular weight is 138 g/mol. The largest absolute Gasteiger partial charge is 0.272 e. The normalized spacial score (nSPS) is 10.4. The summed E-state index contributed by atoms with van der Waals surface area (Å²) in [5.41, 5.74) is 3.85. The van der Waals surface area contributed by atoms with Crippen molar-refractivity contribution in [2.75, 3.05) is 0 Å². The Morgan fingerprint density at radius 2 is 2.00 bits per heavy atom. The molecule has 0 fully saturated rings. The second-order valence-electron chi connectivity index (χ2n) is 2.63. The van der Waals surface area contributed by atoms with Crippen LogP contribution in [0.25, 0.3) is 0 Å². The zero-order valence-electron chi connectivity index (χ0n) is 7.10. The van der Waals surface area contributed by atoms with Crippen LogP contribution in [-0.2, 0) is 13.5 Å². The van der Waals surface area contributed by atoms with Crippen LogP contribution < -0.4 is 0 Å². The highest BCUT2D eigenvalue weighted by atomic mass is 15.3. The third-order valence-electron chi connectivity index (χ3n) is 2.01. The van der Waals surface area contributed by atoms with Crippen LogP contribution in [0.1, 0.15) is 23.9 Å². The zero-order valence-corrected chi connectivity index (χ0v) is 7.10. The van der Waals surface area contributed by atoms with Gasteiger partial charge in [-0.05, 0) is 25.8 Å². The Morgan fingerprint density at radius 1 is 1.40 bits per heavy atom. The molecule has 10 heavy (non-hydrogen) atoms. The van der Waals surface area contributed by atoms with E-state index in [1.165, 1.54) is 17.0 Å². The molecule has 1 aromatic rings. The fraction of sp³-hybridized carbons (Fsp3) is 0.625. The third-order valence-corrected chi connectivity index (χ3v) is 2.01. The number of nitrogens with zero attached hydrogens (tertiary/aromatic N) is 2. The average Bonchev–Trinajstić information content (AvgIpc) is 2.09. The van der Waals surface area contributed by atoms with Gasteiger partial charge in [-0.15, -0.1) is 0 Å². The minimum atomic E-state index is 1.09. The first-order chi connectivity index (χ1) is 4.66. The Labute approximate surface area is 61.9 Å². The minimum Gasteiger partial charge on any atom is -0.272 e. The first-order valence-corrected chi connectivity index (χ1v) is 3.66. The molecule has 2 nitrogen and oxygen atoms in total. The molecule has 0 spiro atoms. The van der Waals surface area contributed by atoms with Crippen LogP contribution in [0.4, 0.5) is 0 Å². The third kappa shape index (κ3) is 0.939. The quantitative estimate of drug-likeness (QED) is 0.576. The molecule has 0 atom stereocenters. The van der Waals surface area contributed by atoms with Gasteiger partial charge in [0.25, 0.3) is 0 Å². The van der Waals surface area contributed by atoms with E-state index >= 15 is 0 Å². The molecule has 1 heterocycles. The molecule has 0 aromatic carbocycles. The molecule has 1 rings (SSSR count). The SMILES string of the molecule is CCc1c(C)nn(C)c1C. The van der Waals surface area contributed by atoms with E-state index in [9.17, 15) is 0 Å². The molecule has 0 aliphatic heterocycles. The van der Waals surface area contributed by atoms with Gasteiger partial charge in [0.2, 0.25) is 0 Å². The monoisotopic (exact) mass is 138 g/mol. The molecule has 1 aromatic heterocycles. The second-order valence-corrected chi connectivity index (χ2v) is 2.63. The summed E-state index contributed by atoms with van der Waals surface area (Å²) in [5, 5.41) is 4.30. The molecular weight excluding hydrogens is 124 g/mol. The van der Waals surface area contributed by atoms with Gasteiger partial charge in [0.15, 0.2) is 0 Å². The van der Waals surface area contributed by atoms with Crippen molar-refractivity contribution >= 4 is 0 Å². The summed E-state index contributed by atoms with van der Waals surface area (Å²) in [4.78, 5) is 0. The van der Waals surface area contributed by atoms with Crippen LogP contribution in [0.15, 0.2) is 0 Å². The van der Waals surface area contributed by atoms with Crippen LogP contribution in [0.2, 0.25) is 0 Å². The van der Waals surface area contributed by atoms with Crippen molar-refractivity contribution in [2.45, 2.75) is 27.2 Å². The Kier molecular flexibility index (Phi) is 1.79. The topological polar surface area (TPSA) is 17.8 Å². The number of aryl methyl sites for hydroxylation is 2. The van der Waals surface area contributed by atoms with Crippen molar-refractivity contribution in [1.82, 2.24) is 9.78 Å². The molecule has 0 aliphatic rings. The minimum absolute atomic E-state index is 1.09. The van der Waals surface area contributed by atoms with E-state index in [-0.39, 0.29) is 0 Å². The lowest BCUT2D eigenvalue weighted by Gasteiger charge is -1.94. The highest BCUT2D eigenvalue weighted by molar-refractivity contribution is 5.23. The summed E-state index contributed by atoms with van der Waals surface area (Å²) in [6.07, 6.45) is 1.09. The van der Waals surface area contributed by atoms with Gasteiger partial charge in [0, 0.05) is 12.7 Å². The summed E-state index contributed by atoms with van der Waals surface area (Å²) in [5.74, 6) is 0. The van der Waals surface area contributed by atoms with Crippen LogP contribution >= 0.6 is 0 Å². The van der Waals surface area contributed by atoms with E-state index in [0.29, 0.717) is 0 Å². The molecule has 0 radical (unpaired) electrons. The van der Waals surface area contributed by atoms with Crippen molar-refractivity contribution in [3.8, 4) is 0 Å². The predicted octanol–water partition coefficient (Wildman–Crippen LogP) is 1.60. The molecular formula is C8H14N2. The Bertz CT molecular complexity index is 236. The van der Waals surface area contributed by atoms with Gasteiger partial charge in [-0.3, -0.25) is 4.68 Å². The van der Waals surface area contributed by atoms with Gasteiger partial charge in [-0.2, -0.15) is 5.10 Å². The molecule has 0 amide bonds. The lowest BCUT2D eigenvalue weighted by molar-refractivity contribution is 0.730. The van der Waals surface area contributed by atoms with E-state index in [1.807, 2.05) is 11.7 Å². The van der Waals surface area contributed by atoms with Crippen LogP contribution in [0.5, 0.6) is 0 Å². The zero-order chi connectivity index (χ0) is 7.72. The van der Waals surface area contributed by atoms with E-state index in [2.05, 4.69) is 25.9 Å². The standard InChI is InChI=1S/C8H14N2/c1-5-8-6(2)9-10(4)7(8)3/h5H2,1-4H3. The Morgan fingerprint density at radius 3 is 2.20 bits per heavy atom. The maximum atomic E-state index is 4.30. The van der Waals surface area contributed by atoms with E-state index in [0.717, 1.165) is 6.42 Å². The molecule has 0 saturated carbocycles. The summed E-state index contributed by atoms with van der Waals surface area (Å²) in [6, 6.07) is 0. The first kappa shape index (κ1) is 7.32. The Hall–Kier alpha value is -0.790. The van der Waals surface area contributed by atoms with Crippen molar-refractivity contribution < 1.29 is 0 Å². The molecule has 0 unspecified atom stereocenters. The summed E-state index contributed by atoms with van der Waals surface area (Å²) < 4.78 is 1.94. The molecule has 56 valence electrons. The number of hydrogen-bond donors (Lipinski definition) is 0. The molecule has 0 N–H and O–H groups in total. The maximum Gasteiger partial charge on any atom is 0.0628 e. The maximum absolute atomic E-state index is 4.30. The van der Waals surface area contributed by atoms with Gasteiger partial charge in [-0.25, -0.2) is 0 Å². The Balaban J connectivity index is 3.20. The first-order valence-electron chi connectivity index (χ1n) is 3.66. The fourth-order valence-electron chi connectivity index (χ4n) is 1.33. The van der Waals surface area contributed by atoms with Gasteiger partial charge in [0.05, 0.1) is 5.69 Å². The molecule has 0 aliphatic carbocycles. The van der Waals surface area contributed by atoms with E-state index < -0.39 is 0 Å². The van der Waals surface area contributed by atoms with E-state index in [4.69, 9.17) is 0 Å². The lowest BCUT2D eigenvalue weighted by Crippen LogP contribution is -1.93. The summed E-state index contributed by atoms with van der Waals surface area (Å²) >= 11 is 0. The van der Waals surface area contributed by atoms with Gasteiger partial charge in [0.1, 0.15) is 0 Å². The lowest BCUT2D eigenvalue weighted by atomic mass is 10.1. The highest BCUT2D eigenvalue weighted by Gasteiger charge is 2.05. The highest BCUT2D eigenvalue weighted by Crippen LogP contribution is 2.11. The van der Waals surface area contributed by atoms with Crippen molar-refractivity contribution in [3.05, 3.63) is 17.0 Å². The van der Waals surface area contributed by atoms with Crippen molar-refractivity contribution in [2.24, 2.45) is 7.05 Å². The van der Waals surface area contributed by atoms with Crippen LogP contribution in [0, 0.1) is 13.8 Å². The van der Waals surface area contributed by atoms with Gasteiger partial charge >= 0.3 is 0 Å². The van der Waals surface area contributed by atoms with Crippen molar-refractivity contribution in [3.63, 3.8) is 0 Å². The molecule has 0 bridgehead atoms. The second kappa shape index (κ2) is 2.45. The van der Waals surface area contributed by atoms with Crippen molar-refractivity contribution in [1.29, 1.82) is 0 Å². The van der Waals surface area contributed by atoms with Gasteiger partial charge in [-0.1, -0.05) is 6.92 Å². The van der Waals surface area contributed by atoms with E-state index in [1.54, 1.807) is 0 Å². The molecule has 0 saturated heterocycles. The smallest absolute Gasteiger partial charge is 0.0628 e. The fourth-order valence-corrected chi connectivity index (χ4v) is 1.33. The summed E-state index contributed by atoms with van der Waals surface area (Å²) in [7, 11) is 1.99. The van der Waals surface area contributed by atoms with Crippen LogP contribution in [0.3, 0.4) is 0 Å². The summed E-state index contributed by atoms with van der Waals surface area (Å²) in [6.45, 7) is 6.34. The number of hydrogen-bond acceptors (Lipinski definition) is 1. The molecule has 2 heteroatoms. The number of rotatable bonds is 1. The van der Waals surface area contributed by atoms with Crippen LogP contribution in [-0.4, -0.2) is 9.78 Å². The number of aromatic nitrogens is 2. The van der Waals surface area contributed by atoms with Gasteiger partial charge < -0.3 is 0 Å². The predicted molar refractivity (Wildman–Crippen MR) is 42.1 cm³/mol.